The normalized spacial score (nSPS) is 18.8. The van der Waals surface area contributed by atoms with Crippen LogP contribution in [0.4, 0.5) is 5.69 Å². The summed E-state index contributed by atoms with van der Waals surface area (Å²) in [7, 11) is 0. The van der Waals surface area contributed by atoms with Crippen LogP contribution in [0.5, 0.6) is 0 Å². The van der Waals surface area contributed by atoms with Gasteiger partial charge in [0, 0.05) is 17.7 Å². The monoisotopic (exact) mass is 368 g/mol. The second-order valence-electron chi connectivity index (χ2n) is 5.65. The molecule has 7 nitrogen and oxygen atoms in total. The molecule has 0 saturated carbocycles. The van der Waals surface area contributed by atoms with Gasteiger partial charge in [-0.15, -0.1) is 5.10 Å². The van der Waals surface area contributed by atoms with Crippen molar-refractivity contribution in [3.63, 3.8) is 0 Å². The molecule has 1 saturated heterocycles. The lowest BCUT2D eigenvalue weighted by Gasteiger charge is -2.15. The third kappa shape index (κ3) is 4.15. The van der Waals surface area contributed by atoms with Gasteiger partial charge in [-0.05, 0) is 12.5 Å². The highest BCUT2D eigenvalue weighted by Gasteiger charge is 2.35. The number of hydrogen-bond acceptors (Lipinski definition) is 6. The molecule has 1 unspecified atom stereocenters. The lowest BCUT2D eigenvalue weighted by atomic mass is 10.2. The SMILES string of the molecule is CC1SC(=NN=Cc2cccc([N+](=O)[O-])c2)N(Cc2ccccc2)C1=O. The van der Waals surface area contributed by atoms with Crippen LogP contribution < -0.4 is 0 Å². The number of amides is 1. The van der Waals surface area contributed by atoms with Crippen molar-refractivity contribution in [1.29, 1.82) is 0 Å². The van der Waals surface area contributed by atoms with E-state index in [1.807, 2.05) is 37.3 Å². The number of benzene rings is 2. The van der Waals surface area contributed by atoms with Crippen molar-refractivity contribution in [3.8, 4) is 0 Å². The van der Waals surface area contributed by atoms with Crippen LogP contribution in [-0.4, -0.2) is 32.4 Å². The standard InChI is InChI=1S/C18H16N4O3S/c1-13-17(23)21(12-14-6-3-2-4-7-14)18(26-13)20-19-11-15-8-5-9-16(10-15)22(24)25/h2-11,13H,12H2,1H3. The maximum Gasteiger partial charge on any atom is 0.270 e. The predicted octanol–water partition coefficient (Wildman–Crippen LogP) is 3.45. The zero-order chi connectivity index (χ0) is 18.5. The number of nitrogens with zero attached hydrogens (tertiary/aromatic N) is 4. The van der Waals surface area contributed by atoms with Gasteiger partial charge in [0.05, 0.1) is 22.9 Å². The molecule has 0 aromatic heterocycles. The molecule has 1 aliphatic rings. The topological polar surface area (TPSA) is 88.2 Å². The average molecular weight is 368 g/mol. The first-order valence-corrected chi connectivity index (χ1v) is 8.80. The Bertz CT molecular complexity index is 883. The number of rotatable bonds is 5. The van der Waals surface area contributed by atoms with E-state index < -0.39 is 4.92 Å². The second kappa shape index (κ2) is 7.92. The van der Waals surface area contributed by atoms with Gasteiger partial charge in [0.25, 0.3) is 5.69 Å². The van der Waals surface area contributed by atoms with Crippen molar-refractivity contribution >= 4 is 34.7 Å². The van der Waals surface area contributed by atoms with E-state index in [1.165, 1.54) is 30.1 Å². The lowest BCUT2D eigenvalue weighted by molar-refractivity contribution is -0.384. The average Bonchev–Trinajstić information content (AvgIpc) is 2.90. The highest BCUT2D eigenvalue weighted by molar-refractivity contribution is 8.15. The molecule has 1 heterocycles. The molecule has 3 rings (SSSR count). The molecular formula is C18H16N4O3S. The smallest absolute Gasteiger partial charge is 0.270 e. The molecule has 1 atom stereocenters. The molecule has 26 heavy (non-hydrogen) atoms. The summed E-state index contributed by atoms with van der Waals surface area (Å²) in [5.74, 6) is -0.0110. The van der Waals surface area contributed by atoms with Gasteiger partial charge in [-0.1, -0.05) is 54.2 Å². The first-order chi connectivity index (χ1) is 12.5. The highest BCUT2D eigenvalue weighted by Crippen LogP contribution is 2.28. The summed E-state index contributed by atoms with van der Waals surface area (Å²) in [4.78, 5) is 24.3. The van der Waals surface area contributed by atoms with Crippen LogP contribution in [0, 0.1) is 10.1 Å². The van der Waals surface area contributed by atoms with E-state index in [-0.39, 0.29) is 16.8 Å². The number of nitro groups is 1. The Labute approximate surface area is 154 Å². The molecular weight excluding hydrogens is 352 g/mol. The van der Waals surface area contributed by atoms with Gasteiger partial charge >= 0.3 is 0 Å². The molecule has 0 radical (unpaired) electrons. The molecule has 0 bridgehead atoms. The van der Waals surface area contributed by atoms with E-state index in [1.54, 1.807) is 17.0 Å². The predicted molar refractivity (Wildman–Crippen MR) is 102 cm³/mol. The third-order valence-corrected chi connectivity index (χ3v) is 4.81. The van der Waals surface area contributed by atoms with Crippen LogP contribution in [0.25, 0.3) is 0 Å². The van der Waals surface area contributed by atoms with Crippen LogP contribution in [0.1, 0.15) is 18.1 Å². The number of non-ortho nitro benzene ring substituents is 1. The van der Waals surface area contributed by atoms with Crippen molar-refractivity contribution in [3.05, 3.63) is 75.8 Å². The largest absolute Gasteiger partial charge is 0.284 e. The van der Waals surface area contributed by atoms with E-state index in [0.717, 1.165) is 5.56 Å². The van der Waals surface area contributed by atoms with E-state index in [4.69, 9.17) is 0 Å². The first kappa shape index (κ1) is 17.8. The molecule has 1 fully saturated rings. The van der Waals surface area contributed by atoms with Gasteiger partial charge in [-0.3, -0.25) is 19.8 Å². The van der Waals surface area contributed by atoms with Gasteiger partial charge in [0.2, 0.25) is 5.91 Å². The summed E-state index contributed by atoms with van der Waals surface area (Å²) in [6.07, 6.45) is 1.44. The number of hydrogen-bond donors (Lipinski definition) is 0. The van der Waals surface area contributed by atoms with E-state index in [9.17, 15) is 14.9 Å². The van der Waals surface area contributed by atoms with Crippen LogP contribution in [0.2, 0.25) is 0 Å². The highest BCUT2D eigenvalue weighted by atomic mass is 32.2. The van der Waals surface area contributed by atoms with Gasteiger partial charge < -0.3 is 0 Å². The molecule has 8 heteroatoms. The summed E-state index contributed by atoms with van der Waals surface area (Å²) in [6.45, 7) is 2.26. The molecule has 0 aliphatic carbocycles. The van der Waals surface area contributed by atoms with Crippen LogP contribution in [-0.2, 0) is 11.3 Å². The first-order valence-electron chi connectivity index (χ1n) is 7.92. The molecule has 1 amide bonds. The van der Waals surface area contributed by atoms with Crippen molar-refractivity contribution in [1.82, 2.24) is 4.90 Å². The minimum atomic E-state index is -0.460. The Balaban J connectivity index is 1.78. The van der Waals surface area contributed by atoms with Gasteiger partial charge in [0.1, 0.15) is 0 Å². The van der Waals surface area contributed by atoms with E-state index in [2.05, 4.69) is 10.2 Å². The zero-order valence-electron chi connectivity index (χ0n) is 14.0. The van der Waals surface area contributed by atoms with Crippen molar-refractivity contribution in [2.75, 3.05) is 0 Å². The second-order valence-corrected chi connectivity index (χ2v) is 6.96. The Hall–Kier alpha value is -3.00. The van der Waals surface area contributed by atoms with Gasteiger partial charge in [-0.25, -0.2) is 0 Å². The molecule has 2 aromatic carbocycles. The van der Waals surface area contributed by atoms with Crippen LogP contribution in [0.3, 0.4) is 0 Å². The number of amidine groups is 1. The van der Waals surface area contributed by atoms with E-state index in [0.29, 0.717) is 17.3 Å². The quantitative estimate of drug-likeness (QED) is 0.459. The maximum atomic E-state index is 12.4. The fourth-order valence-corrected chi connectivity index (χ4v) is 3.36. The molecule has 132 valence electrons. The Morgan fingerprint density at radius 1 is 1.23 bits per heavy atom. The summed E-state index contributed by atoms with van der Waals surface area (Å²) < 4.78 is 0. The molecule has 2 aromatic rings. The summed E-state index contributed by atoms with van der Waals surface area (Å²) in [5.41, 5.74) is 1.57. The number of carbonyl (C=O) groups is 1. The van der Waals surface area contributed by atoms with Crippen molar-refractivity contribution in [2.24, 2.45) is 10.2 Å². The number of carbonyl (C=O) groups excluding carboxylic acids is 1. The van der Waals surface area contributed by atoms with Gasteiger partial charge in [0.15, 0.2) is 5.17 Å². The summed E-state index contributed by atoms with van der Waals surface area (Å²) in [6, 6.07) is 15.8. The third-order valence-electron chi connectivity index (χ3n) is 3.74. The maximum absolute atomic E-state index is 12.4. The van der Waals surface area contributed by atoms with Crippen molar-refractivity contribution in [2.45, 2.75) is 18.7 Å². The fourth-order valence-electron chi connectivity index (χ4n) is 2.44. The lowest BCUT2D eigenvalue weighted by Crippen LogP contribution is -2.30. The number of thioether (sulfide) groups is 1. The van der Waals surface area contributed by atoms with Gasteiger partial charge in [-0.2, -0.15) is 5.10 Å². The van der Waals surface area contributed by atoms with Crippen LogP contribution in [0.15, 0.2) is 64.8 Å². The minimum Gasteiger partial charge on any atom is -0.284 e. The van der Waals surface area contributed by atoms with Crippen molar-refractivity contribution < 1.29 is 9.72 Å². The minimum absolute atomic E-state index is 0.00801. The van der Waals surface area contributed by atoms with E-state index >= 15 is 0 Å². The zero-order valence-corrected chi connectivity index (χ0v) is 14.8. The van der Waals surface area contributed by atoms with Crippen LogP contribution >= 0.6 is 11.8 Å². The Morgan fingerprint density at radius 2 is 2.00 bits per heavy atom. The Kier molecular flexibility index (Phi) is 5.43. The molecule has 0 spiro atoms. The summed E-state index contributed by atoms with van der Waals surface area (Å²) >= 11 is 1.35. The fraction of sp³-hybridized carbons (Fsp3) is 0.167. The molecule has 0 N–H and O–H groups in total. The number of nitro benzene ring substituents is 1. The Morgan fingerprint density at radius 3 is 2.73 bits per heavy atom. The summed E-state index contributed by atoms with van der Waals surface area (Å²) in [5, 5.41) is 19.3. The molecule has 1 aliphatic heterocycles.